The maximum atomic E-state index is 5.67. The second kappa shape index (κ2) is 28.8. The van der Waals surface area contributed by atoms with Gasteiger partial charge in [0.25, 0.3) is 0 Å². The Morgan fingerprint density at radius 2 is 0.358 bits per heavy atom. The first kappa shape index (κ1) is 65.2. The van der Waals surface area contributed by atoms with Crippen LogP contribution < -0.4 is 0 Å². The highest BCUT2D eigenvalue weighted by molar-refractivity contribution is 6.19. The van der Waals surface area contributed by atoms with Gasteiger partial charge in [-0.3, -0.25) is 13.7 Å². The van der Waals surface area contributed by atoms with Crippen LogP contribution in [-0.2, 0) is 0 Å². The lowest BCUT2D eigenvalue weighted by Gasteiger charge is -2.25. The standard InChI is InChI=1S/C103H70N6/c1-12-34-72(35-13-1)93-91(74-58-64-83(65-59-74)102-105-96(77-40-18-4-19-41-77)99(80-46-24-7-25-47-80)108(102)87-52-30-10-31-53-87)89-69-68-85(71-56-62-82(63-57-71)101-104-95(76-38-16-3-17-39-76)98(79-44-22-6-23-45-79)107(101)86-50-28-9-29-51-86)70-90(89)92(94(93)73-36-14-2-15-37-73)75-60-66-84(67-61-75)103-106-97(78-42-20-5-21-43-78)100(81-48-26-8-27-49-81)109(103)88-54-32-11-33-55-88/h1-70H. The number of hydrogen-bond acceptors (Lipinski definition) is 3. The van der Waals surface area contributed by atoms with E-state index in [1.165, 1.54) is 0 Å². The quantitative estimate of drug-likeness (QED) is 0.0913. The summed E-state index contributed by atoms with van der Waals surface area (Å²) >= 11 is 0. The van der Waals surface area contributed by atoms with Crippen LogP contribution in [0.25, 0.3) is 185 Å². The average molecular weight is 1390 g/mol. The second-order valence-corrected chi connectivity index (χ2v) is 27.3. The van der Waals surface area contributed by atoms with E-state index < -0.39 is 0 Å². The molecule has 0 aliphatic carbocycles. The van der Waals surface area contributed by atoms with Crippen LogP contribution in [0.2, 0.25) is 0 Å². The molecule has 19 rings (SSSR count). The van der Waals surface area contributed by atoms with E-state index in [1.54, 1.807) is 0 Å². The van der Waals surface area contributed by atoms with Gasteiger partial charge >= 0.3 is 0 Å². The van der Waals surface area contributed by atoms with Gasteiger partial charge < -0.3 is 0 Å². The van der Waals surface area contributed by atoms with Crippen LogP contribution in [0.15, 0.2) is 425 Å². The van der Waals surface area contributed by atoms with Crippen molar-refractivity contribution in [3.63, 3.8) is 0 Å². The monoisotopic (exact) mass is 1390 g/mol. The summed E-state index contributed by atoms with van der Waals surface area (Å²) in [4.78, 5) is 16.9. The Hall–Kier alpha value is -14.6. The van der Waals surface area contributed by atoms with Crippen molar-refractivity contribution >= 4 is 10.8 Å². The number of hydrogen-bond donors (Lipinski definition) is 0. The molecule has 0 amide bonds. The molecule has 0 N–H and O–H groups in total. The van der Waals surface area contributed by atoms with Gasteiger partial charge in [-0.15, -0.1) is 0 Å². The van der Waals surface area contributed by atoms with Crippen molar-refractivity contribution in [2.45, 2.75) is 0 Å². The van der Waals surface area contributed by atoms with E-state index in [0.29, 0.717) is 0 Å². The molecular weight excluding hydrogens is 1320 g/mol. The van der Waals surface area contributed by atoms with Crippen LogP contribution in [-0.4, -0.2) is 28.7 Å². The zero-order chi connectivity index (χ0) is 72.4. The van der Waals surface area contributed by atoms with Crippen LogP contribution in [0.4, 0.5) is 0 Å². The Kier molecular flexibility index (Phi) is 17.2. The summed E-state index contributed by atoms with van der Waals surface area (Å²) in [5.41, 5.74) is 29.2. The first-order chi connectivity index (χ1) is 54.1. The van der Waals surface area contributed by atoms with E-state index in [2.05, 4.69) is 438 Å². The fraction of sp³-hybridized carbons (Fsp3) is 0. The molecule has 0 aliphatic heterocycles. The van der Waals surface area contributed by atoms with E-state index in [-0.39, 0.29) is 0 Å². The van der Waals surface area contributed by atoms with Crippen molar-refractivity contribution in [3.8, 4) is 174 Å². The number of rotatable bonds is 17. The predicted molar refractivity (Wildman–Crippen MR) is 451 cm³/mol. The molecule has 3 heterocycles. The SMILES string of the molecule is c1ccc(-c2nc(-c3ccc(-c4ccc5c(-c6ccc(-c7nc(-c8ccccc8)c(-c8ccccc8)n7-c7ccccc7)cc6)c(-c6ccccc6)c(-c6ccccc6)c(-c6ccc(-c7nc(-c8ccccc8)c(-c8ccccc8)n7-c7ccccc7)cc6)c5c4)cc3)n(-c3ccccc3)c2-c2ccccc2)cc1. The number of fused-ring (bicyclic) bond motifs is 1. The Labute approximate surface area is 634 Å². The molecule has 16 aromatic carbocycles. The van der Waals surface area contributed by atoms with E-state index in [1.807, 2.05) is 0 Å². The van der Waals surface area contributed by atoms with E-state index in [0.717, 1.165) is 185 Å². The van der Waals surface area contributed by atoms with Gasteiger partial charge in [0.2, 0.25) is 0 Å². The Morgan fingerprint density at radius 3 is 0.642 bits per heavy atom. The zero-order valence-electron chi connectivity index (χ0n) is 59.6. The van der Waals surface area contributed by atoms with Gasteiger partial charge in [0.15, 0.2) is 0 Å². The van der Waals surface area contributed by atoms with Crippen molar-refractivity contribution in [3.05, 3.63) is 425 Å². The minimum Gasteiger partial charge on any atom is -0.292 e. The maximum Gasteiger partial charge on any atom is 0.145 e. The van der Waals surface area contributed by atoms with Crippen LogP contribution in [0, 0.1) is 0 Å². The number of aromatic nitrogens is 6. The molecule has 0 atom stereocenters. The molecule has 0 saturated carbocycles. The van der Waals surface area contributed by atoms with Crippen molar-refractivity contribution in [1.82, 2.24) is 28.7 Å². The summed E-state index contributed by atoms with van der Waals surface area (Å²) in [5, 5.41) is 2.22. The molecule has 3 aromatic heterocycles. The van der Waals surface area contributed by atoms with Gasteiger partial charge in [-0.2, -0.15) is 0 Å². The second-order valence-electron chi connectivity index (χ2n) is 27.3. The minimum atomic E-state index is 0.843. The number of nitrogens with zero attached hydrogens (tertiary/aromatic N) is 6. The maximum absolute atomic E-state index is 5.67. The molecule has 0 unspecified atom stereocenters. The third kappa shape index (κ3) is 12.3. The number of imidazole rings is 3. The number of benzene rings is 16. The Bertz CT molecular complexity index is 6390. The van der Waals surface area contributed by atoms with Crippen LogP contribution in [0.5, 0.6) is 0 Å². The molecular formula is C103H70N6. The first-order valence-electron chi connectivity index (χ1n) is 37.1. The molecule has 0 spiro atoms. The molecule has 0 fully saturated rings. The van der Waals surface area contributed by atoms with Crippen LogP contribution >= 0.6 is 0 Å². The zero-order valence-corrected chi connectivity index (χ0v) is 59.6. The van der Waals surface area contributed by atoms with Gasteiger partial charge in [0.05, 0.1) is 34.2 Å². The highest BCUT2D eigenvalue weighted by Gasteiger charge is 2.29. The summed E-state index contributed by atoms with van der Waals surface area (Å²) in [5.74, 6) is 2.54. The molecule has 6 nitrogen and oxygen atoms in total. The van der Waals surface area contributed by atoms with Gasteiger partial charge in [-0.05, 0) is 109 Å². The van der Waals surface area contributed by atoms with Gasteiger partial charge in [0, 0.05) is 67.1 Å². The highest BCUT2D eigenvalue weighted by atomic mass is 15.1. The summed E-state index contributed by atoms with van der Waals surface area (Å²) in [7, 11) is 0. The fourth-order valence-electron chi connectivity index (χ4n) is 15.7. The van der Waals surface area contributed by atoms with Crippen molar-refractivity contribution < 1.29 is 0 Å². The third-order valence-electron chi connectivity index (χ3n) is 20.7. The van der Waals surface area contributed by atoms with E-state index in [4.69, 9.17) is 15.0 Å². The summed E-state index contributed by atoms with van der Waals surface area (Å²) in [6.45, 7) is 0. The summed E-state index contributed by atoms with van der Waals surface area (Å²) in [6, 6.07) is 152. The smallest absolute Gasteiger partial charge is 0.145 e. The molecule has 19 aromatic rings. The third-order valence-corrected chi connectivity index (χ3v) is 20.7. The normalized spacial score (nSPS) is 11.3. The Balaban J connectivity index is 0.843. The van der Waals surface area contributed by atoms with Crippen molar-refractivity contribution in [1.29, 1.82) is 0 Å². The molecule has 0 bridgehead atoms. The van der Waals surface area contributed by atoms with E-state index >= 15 is 0 Å². The molecule has 6 heteroatoms. The highest BCUT2D eigenvalue weighted by Crippen LogP contribution is 2.53. The van der Waals surface area contributed by atoms with Crippen molar-refractivity contribution in [2.75, 3.05) is 0 Å². The lowest BCUT2D eigenvalue weighted by Crippen LogP contribution is -2.01. The van der Waals surface area contributed by atoms with E-state index in [9.17, 15) is 0 Å². The molecule has 0 saturated heterocycles. The lowest BCUT2D eigenvalue weighted by molar-refractivity contribution is 1.07. The van der Waals surface area contributed by atoms with Crippen LogP contribution in [0.1, 0.15) is 0 Å². The number of para-hydroxylation sites is 3. The lowest BCUT2D eigenvalue weighted by atomic mass is 9.78. The predicted octanol–water partition coefficient (Wildman–Crippen LogP) is 26.7. The molecule has 109 heavy (non-hydrogen) atoms. The summed E-state index contributed by atoms with van der Waals surface area (Å²) in [6.07, 6.45) is 0. The first-order valence-corrected chi connectivity index (χ1v) is 37.1. The van der Waals surface area contributed by atoms with Gasteiger partial charge in [0.1, 0.15) is 17.5 Å². The summed E-state index contributed by atoms with van der Waals surface area (Å²) < 4.78 is 6.99. The van der Waals surface area contributed by atoms with Crippen LogP contribution in [0.3, 0.4) is 0 Å². The van der Waals surface area contributed by atoms with Gasteiger partial charge in [-0.25, -0.2) is 15.0 Å². The minimum absolute atomic E-state index is 0.843. The average Bonchev–Trinajstić information content (AvgIpc) is 0.975. The Morgan fingerprint density at radius 1 is 0.147 bits per heavy atom. The molecule has 0 radical (unpaired) electrons. The fourth-order valence-corrected chi connectivity index (χ4v) is 15.7. The van der Waals surface area contributed by atoms with Crippen molar-refractivity contribution in [2.24, 2.45) is 0 Å². The largest absolute Gasteiger partial charge is 0.292 e. The molecule has 0 aliphatic rings. The van der Waals surface area contributed by atoms with Gasteiger partial charge in [-0.1, -0.05) is 382 Å². The molecule has 512 valence electrons. The topological polar surface area (TPSA) is 53.5 Å².